The molecule has 1 N–H and O–H groups in total. The first-order valence-corrected chi connectivity index (χ1v) is 8.09. The highest BCUT2D eigenvalue weighted by atomic mass is 16.5. The zero-order chi connectivity index (χ0) is 13.6. The fourth-order valence-electron chi connectivity index (χ4n) is 3.28. The molecule has 0 radical (unpaired) electrons. The summed E-state index contributed by atoms with van der Waals surface area (Å²) in [6.07, 6.45) is 7.72. The Morgan fingerprint density at radius 3 is 2.75 bits per heavy atom. The third-order valence-corrected chi connectivity index (χ3v) is 4.61. The summed E-state index contributed by atoms with van der Waals surface area (Å²) in [5.41, 5.74) is 1.42. The molecule has 0 atom stereocenters. The van der Waals surface area contributed by atoms with Crippen molar-refractivity contribution < 1.29 is 4.74 Å². The van der Waals surface area contributed by atoms with Gasteiger partial charge in [-0.2, -0.15) is 0 Å². The minimum absolute atomic E-state index is 0.748. The number of hydrogen-bond donors (Lipinski definition) is 1. The number of rotatable bonds is 6. The lowest BCUT2D eigenvalue weighted by atomic mass is 10.2. The molecule has 2 aliphatic rings. The summed E-state index contributed by atoms with van der Waals surface area (Å²) in [6.45, 7) is 7.18. The van der Waals surface area contributed by atoms with E-state index in [-0.39, 0.29) is 0 Å². The second-order valence-corrected chi connectivity index (χ2v) is 6.01. The van der Waals surface area contributed by atoms with Crippen LogP contribution in [-0.2, 0) is 17.8 Å². The Balaban J connectivity index is 1.45. The fourth-order valence-corrected chi connectivity index (χ4v) is 3.28. The summed E-state index contributed by atoms with van der Waals surface area (Å²) >= 11 is 0. The summed E-state index contributed by atoms with van der Waals surface area (Å²) < 4.78 is 7.80. The molecule has 1 aliphatic carbocycles. The fraction of sp³-hybridized carbons (Fsp3) is 0.750. The summed E-state index contributed by atoms with van der Waals surface area (Å²) in [7, 11) is 0. The predicted octanol–water partition coefficient (Wildman–Crippen LogP) is 1.85. The smallest absolute Gasteiger partial charge is 0.0594 e. The molecule has 2 fully saturated rings. The Hall–Kier alpha value is -0.840. The maximum Gasteiger partial charge on any atom is 0.0594 e. The van der Waals surface area contributed by atoms with Crippen LogP contribution in [0.4, 0.5) is 0 Å². The van der Waals surface area contributed by atoms with Crippen LogP contribution in [0.25, 0.3) is 0 Å². The lowest BCUT2D eigenvalue weighted by Crippen LogP contribution is -2.38. The van der Waals surface area contributed by atoms with Gasteiger partial charge in [0, 0.05) is 50.7 Å². The standard InChI is InChI=1S/C16H27N3O/c1-2-5-15(4-1)17-14-16-6-3-7-19(16)9-8-18-10-12-20-13-11-18/h3,6-7,15,17H,1-2,4-5,8-14H2. The molecule has 4 heteroatoms. The maximum absolute atomic E-state index is 5.40. The van der Waals surface area contributed by atoms with E-state index in [1.54, 1.807) is 0 Å². The van der Waals surface area contributed by atoms with E-state index in [1.165, 1.54) is 31.4 Å². The van der Waals surface area contributed by atoms with Gasteiger partial charge in [0.2, 0.25) is 0 Å². The Morgan fingerprint density at radius 1 is 1.15 bits per heavy atom. The zero-order valence-electron chi connectivity index (χ0n) is 12.4. The molecule has 1 aromatic rings. The van der Waals surface area contributed by atoms with E-state index in [0.29, 0.717) is 0 Å². The van der Waals surface area contributed by atoms with Crippen LogP contribution in [0.3, 0.4) is 0 Å². The average Bonchev–Trinajstić information content (AvgIpc) is 3.15. The number of ether oxygens (including phenoxy) is 1. The third-order valence-electron chi connectivity index (χ3n) is 4.61. The van der Waals surface area contributed by atoms with Gasteiger partial charge in [-0.3, -0.25) is 4.90 Å². The van der Waals surface area contributed by atoms with Gasteiger partial charge in [-0.25, -0.2) is 0 Å². The van der Waals surface area contributed by atoms with Crippen molar-refractivity contribution in [3.05, 3.63) is 24.0 Å². The van der Waals surface area contributed by atoms with Crippen molar-refractivity contribution in [2.24, 2.45) is 0 Å². The summed E-state index contributed by atoms with van der Waals surface area (Å²) in [4.78, 5) is 2.50. The van der Waals surface area contributed by atoms with Crippen LogP contribution in [0, 0.1) is 0 Å². The van der Waals surface area contributed by atoms with Crippen molar-refractivity contribution in [2.75, 3.05) is 32.8 Å². The van der Waals surface area contributed by atoms with E-state index >= 15 is 0 Å². The van der Waals surface area contributed by atoms with Crippen LogP contribution in [0.1, 0.15) is 31.4 Å². The van der Waals surface area contributed by atoms with E-state index in [0.717, 1.165) is 52.0 Å². The average molecular weight is 277 g/mol. The second-order valence-electron chi connectivity index (χ2n) is 6.01. The van der Waals surface area contributed by atoms with Crippen molar-refractivity contribution >= 4 is 0 Å². The maximum atomic E-state index is 5.40. The molecule has 4 nitrogen and oxygen atoms in total. The van der Waals surface area contributed by atoms with Gasteiger partial charge in [0.25, 0.3) is 0 Å². The molecule has 1 aliphatic heterocycles. The van der Waals surface area contributed by atoms with E-state index in [9.17, 15) is 0 Å². The molecule has 20 heavy (non-hydrogen) atoms. The van der Waals surface area contributed by atoms with E-state index in [4.69, 9.17) is 4.74 Å². The predicted molar refractivity (Wildman–Crippen MR) is 80.8 cm³/mol. The van der Waals surface area contributed by atoms with Crippen molar-refractivity contribution in [2.45, 2.75) is 44.8 Å². The molecular formula is C16H27N3O. The number of nitrogens with zero attached hydrogens (tertiary/aromatic N) is 2. The number of aromatic nitrogens is 1. The van der Waals surface area contributed by atoms with Gasteiger partial charge >= 0.3 is 0 Å². The van der Waals surface area contributed by atoms with Gasteiger partial charge in [0.15, 0.2) is 0 Å². The molecule has 1 saturated carbocycles. The molecule has 0 amide bonds. The monoisotopic (exact) mass is 277 g/mol. The quantitative estimate of drug-likeness (QED) is 0.860. The van der Waals surface area contributed by atoms with Gasteiger partial charge in [-0.1, -0.05) is 12.8 Å². The molecule has 1 saturated heterocycles. The van der Waals surface area contributed by atoms with Crippen LogP contribution in [0.5, 0.6) is 0 Å². The van der Waals surface area contributed by atoms with Crippen molar-refractivity contribution in [3.63, 3.8) is 0 Å². The molecule has 1 aromatic heterocycles. The van der Waals surface area contributed by atoms with Crippen LogP contribution < -0.4 is 5.32 Å². The number of hydrogen-bond acceptors (Lipinski definition) is 3. The topological polar surface area (TPSA) is 29.4 Å². The molecule has 112 valence electrons. The van der Waals surface area contributed by atoms with Crippen molar-refractivity contribution in [3.8, 4) is 0 Å². The van der Waals surface area contributed by atoms with Crippen molar-refractivity contribution in [1.82, 2.24) is 14.8 Å². The Kier molecular flexibility index (Phi) is 5.12. The highest BCUT2D eigenvalue weighted by Gasteiger charge is 2.15. The van der Waals surface area contributed by atoms with Gasteiger partial charge < -0.3 is 14.6 Å². The van der Waals surface area contributed by atoms with E-state index in [1.807, 2.05) is 0 Å². The summed E-state index contributed by atoms with van der Waals surface area (Å²) in [5.74, 6) is 0. The number of nitrogens with one attached hydrogen (secondary N) is 1. The van der Waals surface area contributed by atoms with Crippen LogP contribution in [-0.4, -0.2) is 48.4 Å². The Morgan fingerprint density at radius 2 is 1.95 bits per heavy atom. The van der Waals surface area contributed by atoms with Crippen molar-refractivity contribution in [1.29, 1.82) is 0 Å². The van der Waals surface area contributed by atoms with Gasteiger partial charge in [-0.05, 0) is 25.0 Å². The minimum atomic E-state index is 0.748. The molecule has 3 rings (SSSR count). The minimum Gasteiger partial charge on any atom is -0.379 e. The normalized spacial score (nSPS) is 21.6. The van der Waals surface area contributed by atoms with E-state index in [2.05, 4.69) is 33.1 Å². The Labute approximate surface area is 122 Å². The molecule has 2 heterocycles. The first-order chi connectivity index (χ1) is 9.92. The number of morpholine rings is 1. The van der Waals surface area contributed by atoms with Crippen LogP contribution in [0.2, 0.25) is 0 Å². The lowest BCUT2D eigenvalue weighted by Gasteiger charge is -2.27. The highest BCUT2D eigenvalue weighted by molar-refractivity contribution is 5.07. The first-order valence-electron chi connectivity index (χ1n) is 8.09. The second kappa shape index (κ2) is 7.25. The third kappa shape index (κ3) is 3.84. The zero-order valence-corrected chi connectivity index (χ0v) is 12.4. The SMILES string of the molecule is c1cc(CNC2CCCC2)n(CCN2CCOCC2)c1. The van der Waals surface area contributed by atoms with Crippen LogP contribution >= 0.6 is 0 Å². The molecule has 0 spiro atoms. The molecule has 0 aromatic carbocycles. The summed E-state index contributed by atoms with van der Waals surface area (Å²) in [5, 5.41) is 3.71. The van der Waals surface area contributed by atoms with Gasteiger partial charge in [0.1, 0.15) is 0 Å². The van der Waals surface area contributed by atoms with Gasteiger partial charge in [0.05, 0.1) is 13.2 Å². The molecular weight excluding hydrogens is 250 g/mol. The first kappa shape index (κ1) is 14.1. The Bertz CT molecular complexity index is 392. The largest absolute Gasteiger partial charge is 0.379 e. The highest BCUT2D eigenvalue weighted by Crippen LogP contribution is 2.18. The van der Waals surface area contributed by atoms with E-state index < -0.39 is 0 Å². The van der Waals surface area contributed by atoms with Crippen LogP contribution in [0.15, 0.2) is 18.3 Å². The summed E-state index contributed by atoms with van der Waals surface area (Å²) in [6, 6.07) is 5.17. The lowest BCUT2D eigenvalue weighted by molar-refractivity contribution is 0.0363. The molecule has 0 unspecified atom stereocenters. The van der Waals surface area contributed by atoms with Gasteiger partial charge in [-0.15, -0.1) is 0 Å². The molecule has 0 bridgehead atoms.